The summed E-state index contributed by atoms with van der Waals surface area (Å²) in [6.45, 7) is 0.407. The Balaban J connectivity index is 1.97. The maximum Gasteiger partial charge on any atom is 0.279 e. The molecule has 22 heavy (non-hydrogen) atoms. The number of fused-ring (bicyclic) bond motifs is 1. The second-order valence-corrected chi connectivity index (χ2v) is 7.27. The van der Waals surface area contributed by atoms with Gasteiger partial charge in [0.15, 0.2) is 11.1 Å². The number of hydrogen-bond acceptors (Lipinski definition) is 6. The minimum absolute atomic E-state index is 0.280. The first kappa shape index (κ1) is 14.6. The molecule has 1 unspecified atom stereocenters. The average Bonchev–Trinajstić information content (AvgIpc) is 2.97. The highest BCUT2D eigenvalue weighted by atomic mass is 32.2. The van der Waals surface area contributed by atoms with Crippen LogP contribution in [0.1, 0.15) is 12.8 Å². The van der Waals surface area contributed by atoms with Crippen LogP contribution in [0.5, 0.6) is 0 Å². The van der Waals surface area contributed by atoms with E-state index in [0.717, 1.165) is 4.31 Å². The summed E-state index contributed by atoms with van der Waals surface area (Å²) in [5.74, 6) is -0.747. The van der Waals surface area contributed by atoms with E-state index in [1.54, 1.807) is 18.2 Å². The van der Waals surface area contributed by atoms with Crippen molar-refractivity contribution in [3.05, 3.63) is 36.0 Å². The highest BCUT2D eigenvalue weighted by Crippen LogP contribution is 2.35. The van der Waals surface area contributed by atoms with E-state index >= 15 is 0 Å². The number of carbonyl (C=O) groups is 1. The third kappa shape index (κ3) is 2.17. The average molecular weight is 324 g/mol. The molecule has 1 saturated heterocycles. The molecule has 0 aliphatic carbocycles. The predicted molar refractivity (Wildman–Crippen MR) is 78.9 cm³/mol. The molecular formula is C13H16N4O4S. The molecule has 1 aromatic heterocycles. The molecule has 118 valence electrons. The first-order valence-corrected chi connectivity index (χ1v) is 8.33. The highest BCUT2D eigenvalue weighted by molar-refractivity contribution is 7.89. The van der Waals surface area contributed by atoms with Gasteiger partial charge in [0.25, 0.3) is 15.9 Å². The number of likely N-dealkylation sites (N-methyl/N-ethyl adjacent to an activating group) is 1. The molecule has 1 aromatic rings. The quantitative estimate of drug-likeness (QED) is 0.818. The Kier molecular flexibility index (Phi) is 3.44. The van der Waals surface area contributed by atoms with Gasteiger partial charge >= 0.3 is 0 Å². The third-order valence-corrected chi connectivity index (χ3v) is 5.97. The largest absolute Gasteiger partial charge is 0.493 e. The summed E-state index contributed by atoms with van der Waals surface area (Å²) < 4.78 is 25.8. The fraction of sp³-hybridized carbons (Fsp3) is 0.385. The van der Waals surface area contributed by atoms with Crippen LogP contribution in [-0.4, -0.2) is 52.6 Å². The van der Waals surface area contributed by atoms with Crippen LogP contribution in [0.3, 0.4) is 0 Å². The lowest BCUT2D eigenvalue weighted by Crippen LogP contribution is -2.51. The smallest absolute Gasteiger partial charge is 0.279 e. The Morgan fingerprint density at radius 1 is 1.45 bits per heavy atom. The fourth-order valence-corrected chi connectivity index (χ4v) is 4.51. The summed E-state index contributed by atoms with van der Waals surface area (Å²) >= 11 is 0. The zero-order valence-corrected chi connectivity index (χ0v) is 12.7. The SMILES string of the molecule is CN1C(C(=O)Nc2ccccn2)=C(O)N2CCCC2S1(=O)=O. The molecule has 3 rings (SSSR count). The number of anilines is 1. The Labute approximate surface area is 128 Å². The third-order valence-electron chi connectivity index (χ3n) is 3.84. The number of aliphatic hydroxyl groups excluding tert-OH is 1. The van der Waals surface area contributed by atoms with Gasteiger partial charge in [-0.2, -0.15) is 0 Å². The number of amides is 1. The second-order valence-electron chi connectivity index (χ2n) is 5.14. The maximum atomic E-state index is 12.5. The molecule has 9 heteroatoms. The molecule has 1 amide bonds. The molecular weight excluding hydrogens is 308 g/mol. The summed E-state index contributed by atoms with van der Waals surface area (Å²) in [7, 11) is -2.43. The fourth-order valence-electron chi connectivity index (χ4n) is 2.73. The van der Waals surface area contributed by atoms with Crippen molar-refractivity contribution in [2.24, 2.45) is 0 Å². The van der Waals surface area contributed by atoms with E-state index < -0.39 is 21.3 Å². The Morgan fingerprint density at radius 3 is 2.91 bits per heavy atom. The normalized spacial score (nSPS) is 23.4. The lowest BCUT2D eigenvalue weighted by Gasteiger charge is -2.37. The van der Waals surface area contributed by atoms with Gasteiger partial charge in [0.1, 0.15) is 5.82 Å². The first-order chi connectivity index (χ1) is 10.4. The molecule has 8 nitrogen and oxygen atoms in total. The van der Waals surface area contributed by atoms with Gasteiger partial charge in [0, 0.05) is 19.8 Å². The Morgan fingerprint density at radius 2 is 2.23 bits per heavy atom. The van der Waals surface area contributed by atoms with Crippen LogP contribution in [0.25, 0.3) is 0 Å². The van der Waals surface area contributed by atoms with Crippen LogP contribution in [0.15, 0.2) is 36.0 Å². The topological polar surface area (TPSA) is 103 Å². The van der Waals surface area contributed by atoms with E-state index in [9.17, 15) is 18.3 Å². The number of aromatic nitrogens is 1. The van der Waals surface area contributed by atoms with E-state index in [1.165, 1.54) is 18.1 Å². The number of nitrogens with one attached hydrogen (secondary N) is 1. The molecule has 0 spiro atoms. The summed E-state index contributed by atoms with van der Waals surface area (Å²) in [6, 6.07) is 4.96. The highest BCUT2D eigenvalue weighted by Gasteiger charge is 2.47. The molecule has 0 bridgehead atoms. The van der Waals surface area contributed by atoms with Gasteiger partial charge in [-0.15, -0.1) is 0 Å². The number of sulfonamides is 1. The predicted octanol–water partition coefficient (Wildman–Crippen LogP) is 0.444. The van der Waals surface area contributed by atoms with E-state index in [1.807, 2.05) is 0 Å². The number of rotatable bonds is 2. The van der Waals surface area contributed by atoms with Gasteiger partial charge < -0.3 is 15.3 Å². The standard InChI is InChI=1S/C13H16N4O4S/c1-16-11(12(18)15-9-5-2-3-7-14-9)13(19)17-8-4-6-10(17)22(16,20)21/h2-3,5,7,10,19H,4,6,8H2,1H3,(H,14,15,18). The molecule has 3 heterocycles. The van der Waals surface area contributed by atoms with Crippen molar-refractivity contribution in [1.82, 2.24) is 14.2 Å². The molecule has 0 aromatic carbocycles. The number of aliphatic hydroxyl groups is 1. The maximum absolute atomic E-state index is 12.5. The zero-order chi connectivity index (χ0) is 15.9. The summed E-state index contributed by atoms with van der Waals surface area (Å²) in [5, 5.41) is 12.0. The minimum Gasteiger partial charge on any atom is -0.493 e. The molecule has 1 atom stereocenters. The van der Waals surface area contributed by atoms with Crippen molar-refractivity contribution in [2.75, 3.05) is 18.9 Å². The van der Waals surface area contributed by atoms with Crippen molar-refractivity contribution in [3.8, 4) is 0 Å². The van der Waals surface area contributed by atoms with Crippen LogP contribution >= 0.6 is 0 Å². The van der Waals surface area contributed by atoms with Gasteiger partial charge in [-0.1, -0.05) is 6.07 Å². The van der Waals surface area contributed by atoms with Crippen LogP contribution in [-0.2, 0) is 14.8 Å². The molecule has 0 radical (unpaired) electrons. The number of hydrogen-bond donors (Lipinski definition) is 2. The van der Waals surface area contributed by atoms with Crippen molar-refractivity contribution >= 4 is 21.7 Å². The minimum atomic E-state index is -3.70. The van der Waals surface area contributed by atoms with E-state index in [4.69, 9.17) is 0 Å². The summed E-state index contributed by atoms with van der Waals surface area (Å²) in [6.07, 6.45) is 2.59. The zero-order valence-electron chi connectivity index (χ0n) is 11.9. The number of pyridine rings is 1. The van der Waals surface area contributed by atoms with E-state index in [0.29, 0.717) is 19.4 Å². The summed E-state index contributed by atoms with van der Waals surface area (Å²) in [5.41, 5.74) is -0.288. The van der Waals surface area contributed by atoms with Gasteiger partial charge in [0.2, 0.25) is 5.88 Å². The molecule has 0 saturated carbocycles. The van der Waals surface area contributed by atoms with E-state index in [-0.39, 0.29) is 17.4 Å². The summed E-state index contributed by atoms with van der Waals surface area (Å²) in [4.78, 5) is 17.7. The van der Waals surface area contributed by atoms with Crippen LogP contribution < -0.4 is 5.32 Å². The van der Waals surface area contributed by atoms with Gasteiger partial charge in [-0.25, -0.2) is 13.4 Å². The molecule has 1 fully saturated rings. The van der Waals surface area contributed by atoms with Gasteiger partial charge in [-0.3, -0.25) is 9.10 Å². The first-order valence-electron chi connectivity index (χ1n) is 6.83. The lowest BCUT2D eigenvalue weighted by atomic mass is 10.3. The van der Waals surface area contributed by atoms with E-state index in [2.05, 4.69) is 10.3 Å². The van der Waals surface area contributed by atoms with Crippen LogP contribution in [0.4, 0.5) is 5.82 Å². The number of carbonyl (C=O) groups excluding carboxylic acids is 1. The van der Waals surface area contributed by atoms with Crippen molar-refractivity contribution in [2.45, 2.75) is 18.2 Å². The molecule has 2 N–H and O–H groups in total. The molecule has 2 aliphatic heterocycles. The lowest BCUT2D eigenvalue weighted by molar-refractivity contribution is -0.114. The monoisotopic (exact) mass is 324 g/mol. The van der Waals surface area contributed by atoms with Crippen LogP contribution in [0.2, 0.25) is 0 Å². The molecule has 2 aliphatic rings. The van der Waals surface area contributed by atoms with Gasteiger partial charge in [-0.05, 0) is 25.0 Å². The Hall–Kier alpha value is -2.29. The van der Waals surface area contributed by atoms with Crippen LogP contribution in [0, 0.1) is 0 Å². The van der Waals surface area contributed by atoms with Crippen molar-refractivity contribution in [3.63, 3.8) is 0 Å². The van der Waals surface area contributed by atoms with Gasteiger partial charge in [0.05, 0.1) is 0 Å². The second kappa shape index (κ2) is 5.16. The Bertz CT molecular complexity index is 732. The number of nitrogens with zero attached hydrogens (tertiary/aromatic N) is 3. The van der Waals surface area contributed by atoms with Crippen molar-refractivity contribution in [1.29, 1.82) is 0 Å². The van der Waals surface area contributed by atoms with Crippen molar-refractivity contribution < 1.29 is 18.3 Å².